The second kappa shape index (κ2) is 8.86. The Morgan fingerprint density at radius 2 is 1.57 bits per heavy atom. The highest BCUT2D eigenvalue weighted by Crippen LogP contribution is 2.29. The second-order valence-electron chi connectivity index (χ2n) is 9.02. The molecule has 0 unspecified atom stereocenters. The fraction of sp³-hybridized carbons (Fsp3) is 0.207. The number of aromatic nitrogens is 4. The van der Waals surface area contributed by atoms with Crippen molar-refractivity contribution < 1.29 is 0 Å². The highest BCUT2D eigenvalue weighted by molar-refractivity contribution is 6.03. The molecule has 3 aromatic heterocycles. The predicted octanol–water partition coefficient (Wildman–Crippen LogP) is 4.43. The van der Waals surface area contributed by atoms with Gasteiger partial charge in [0.15, 0.2) is 0 Å². The summed E-state index contributed by atoms with van der Waals surface area (Å²) >= 11 is 0. The minimum atomic E-state index is 0.885. The van der Waals surface area contributed by atoms with Crippen molar-refractivity contribution in [2.24, 2.45) is 0 Å². The Morgan fingerprint density at radius 3 is 2.34 bits per heavy atom. The molecule has 0 saturated carbocycles. The van der Waals surface area contributed by atoms with E-state index in [0.29, 0.717) is 0 Å². The normalized spacial score (nSPS) is 14.3. The van der Waals surface area contributed by atoms with Gasteiger partial charge in [-0.05, 0) is 68.6 Å². The molecule has 6 nitrogen and oxygen atoms in total. The molecule has 1 fully saturated rings. The molecule has 6 heteroatoms. The third-order valence-electron chi connectivity index (χ3n) is 6.64. The quantitative estimate of drug-likeness (QED) is 0.367. The van der Waals surface area contributed by atoms with Crippen LogP contribution in [0.3, 0.4) is 0 Å². The van der Waals surface area contributed by atoms with Gasteiger partial charge in [0.1, 0.15) is 11.3 Å². The molecule has 5 aromatic rings. The first-order valence-electron chi connectivity index (χ1n) is 11.9. The number of hydrogen-bond acceptors (Lipinski definition) is 5. The number of nitrogens with zero attached hydrogens (tertiary/aromatic N) is 6. The zero-order valence-corrected chi connectivity index (χ0v) is 19.9. The summed E-state index contributed by atoms with van der Waals surface area (Å²) < 4.78 is 2.23. The lowest BCUT2D eigenvalue weighted by molar-refractivity contribution is 0.313. The summed E-state index contributed by atoms with van der Waals surface area (Å²) in [7, 11) is 2.18. The van der Waals surface area contributed by atoms with Crippen LogP contribution in [0.25, 0.3) is 27.6 Å². The molecule has 172 valence electrons. The van der Waals surface area contributed by atoms with Gasteiger partial charge in [-0.3, -0.25) is 14.5 Å². The van der Waals surface area contributed by atoms with Crippen LogP contribution in [0, 0.1) is 18.8 Å². The van der Waals surface area contributed by atoms with Crippen molar-refractivity contribution in [2.75, 3.05) is 38.1 Å². The molecule has 35 heavy (non-hydrogen) atoms. The lowest BCUT2D eigenvalue weighted by Crippen LogP contribution is -2.44. The van der Waals surface area contributed by atoms with E-state index in [4.69, 9.17) is 4.98 Å². The smallest absolute Gasteiger partial charge is 0.111 e. The maximum Gasteiger partial charge on any atom is 0.111 e. The van der Waals surface area contributed by atoms with Crippen LogP contribution in [0.15, 0.2) is 73.2 Å². The van der Waals surface area contributed by atoms with Gasteiger partial charge in [0, 0.05) is 66.5 Å². The maximum atomic E-state index is 4.82. The molecule has 1 aliphatic rings. The van der Waals surface area contributed by atoms with Crippen LogP contribution in [-0.4, -0.2) is 57.6 Å². The van der Waals surface area contributed by atoms with Crippen LogP contribution in [0.2, 0.25) is 0 Å². The molecular weight excluding hydrogens is 432 g/mol. The summed E-state index contributed by atoms with van der Waals surface area (Å²) in [6.45, 7) is 6.35. The summed E-state index contributed by atoms with van der Waals surface area (Å²) in [6.07, 6.45) is 5.39. The number of anilines is 1. The van der Waals surface area contributed by atoms with Gasteiger partial charge in [-0.2, -0.15) is 0 Å². The molecule has 0 atom stereocenters. The number of benzene rings is 2. The topological polar surface area (TPSA) is 50.1 Å². The highest BCUT2D eigenvalue weighted by Gasteiger charge is 2.16. The number of imidazole rings is 1. The average molecular weight is 459 g/mol. The van der Waals surface area contributed by atoms with E-state index in [0.717, 1.165) is 70.8 Å². The summed E-state index contributed by atoms with van der Waals surface area (Å²) in [5.41, 5.74) is 7.07. The monoisotopic (exact) mass is 458 g/mol. The van der Waals surface area contributed by atoms with Gasteiger partial charge in [0.2, 0.25) is 0 Å². The van der Waals surface area contributed by atoms with Crippen LogP contribution in [0.5, 0.6) is 0 Å². The van der Waals surface area contributed by atoms with E-state index in [2.05, 4.69) is 73.6 Å². The van der Waals surface area contributed by atoms with Crippen LogP contribution in [0.4, 0.5) is 5.69 Å². The van der Waals surface area contributed by atoms with Crippen molar-refractivity contribution in [1.29, 1.82) is 0 Å². The van der Waals surface area contributed by atoms with E-state index in [-0.39, 0.29) is 0 Å². The van der Waals surface area contributed by atoms with Gasteiger partial charge in [0.25, 0.3) is 0 Å². The lowest BCUT2D eigenvalue weighted by Gasteiger charge is -2.34. The molecule has 1 saturated heterocycles. The Hall–Kier alpha value is -4.21. The number of piperazine rings is 1. The summed E-state index contributed by atoms with van der Waals surface area (Å²) in [5, 5.41) is 1.05. The maximum absolute atomic E-state index is 4.82. The van der Waals surface area contributed by atoms with Crippen molar-refractivity contribution in [3.8, 4) is 17.5 Å². The molecule has 6 rings (SSSR count). The Balaban J connectivity index is 1.42. The summed E-state index contributed by atoms with van der Waals surface area (Å²) in [5.74, 6) is 7.42. The van der Waals surface area contributed by atoms with Gasteiger partial charge < -0.3 is 9.80 Å². The number of pyridine rings is 2. The van der Waals surface area contributed by atoms with Gasteiger partial charge in [-0.25, -0.2) is 4.98 Å². The van der Waals surface area contributed by atoms with Crippen LogP contribution >= 0.6 is 0 Å². The first-order chi connectivity index (χ1) is 17.2. The van der Waals surface area contributed by atoms with Gasteiger partial charge in [-0.1, -0.05) is 11.8 Å². The first kappa shape index (κ1) is 21.3. The van der Waals surface area contributed by atoms with E-state index in [9.17, 15) is 0 Å². The molecule has 0 bridgehead atoms. The standard InChI is InChI=1S/C29H26N6/c1-21-32-28-20-31-27-12-7-22(5-6-23-4-3-13-30-19-23)18-26(27)29(28)35(21)25-10-8-24(9-11-25)34-16-14-33(2)15-17-34/h3-4,7-13,18-20H,14-17H2,1-2H3. The second-order valence-corrected chi connectivity index (χ2v) is 9.02. The zero-order valence-electron chi connectivity index (χ0n) is 19.9. The van der Waals surface area contributed by atoms with Crippen LogP contribution in [-0.2, 0) is 0 Å². The molecule has 0 N–H and O–H groups in total. The third kappa shape index (κ3) is 4.11. The molecule has 0 amide bonds. The number of aryl methyl sites for hydroxylation is 1. The Labute approximate surface area is 204 Å². The van der Waals surface area contributed by atoms with Crippen LogP contribution < -0.4 is 4.90 Å². The van der Waals surface area contributed by atoms with Crippen molar-refractivity contribution in [1.82, 2.24) is 24.4 Å². The molecule has 1 aliphatic heterocycles. The zero-order chi connectivity index (χ0) is 23.8. The van der Waals surface area contributed by atoms with E-state index in [1.54, 1.807) is 12.4 Å². The fourth-order valence-electron chi connectivity index (χ4n) is 4.72. The highest BCUT2D eigenvalue weighted by atomic mass is 15.2. The molecule has 0 spiro atoms. The Kier molecular flexibility index (Phi) is 5.40. The summed E-state index contributed by atoms with van der Waals surface area (Å²) in [6, 6.07) is 18.9. The molecule has 4 heterocycles. The number of likely N-dealkylation sites (N-methyl/N-ethyl adjacent to an activating group) is 1. The molecular formula is C29H26N6. The largest absolute Gasteiger partial charge is 0.369 e. The minimum absolute atomic E-state index is 0.885. The van der Waals surface area contributed by atoms with Gasteiger partial charge in [0.05, 0.1) is 17.2 Å². The summed E-state index contributed by atoms with van der Waals surface area (Å²) in [4.78, 5) is 18.5. The lowest BCUT2D eigenvalue weighted by atomic mass is 10.1. The fourth-order valence-corrected chi connectivity index (χ4v) is 4.72. The Bertz CT molecular complexity index is 1570. The number of rotatable bonds is 2. The van der Waals surface area contributed by atoms with E-state index in [1.807, 2.05) is 37.4 Å². The average Bonchev–Trinajstić information content (AvgIpc) is 3.25. The molecule has 0 aliphatic carbocycles. The van der Waals surface area contributed by atoms with Gasteiger partial charge in [-0.15, -0.1) is 0 Å². The number of fused-ring (bicyclic) bond motifs is 3. The molecule has 0 radical (unpaired) electrons. The predicted molar refractivity (Wildman–Crippen MR) is 141 cm³/mol. The van der Waals surface area contributed by atoms with E-state index in [1.165, 1.54) is 5.69 Å². The van der Waals surface area contributed by atoms with Gasteiger partial charge >= 0.3 is 0 Å². The van der Waals surface area contributed by atoms with E-state index >= 15 is 0 Å². The van der Waals surface area contributed by atoms with Crippen molar-refractivity contribution in [3.63, 3.8) is 0 Å². The van der Waals surface area contributed by atoms with Crippen molar-refractivity contribution in [3.05, 3.63) is 90.1 Å². The third-order valence-corrected chi connectivity index (χ3v) is 6.64. The SMILES string of the molecule is Cc1nc2cnc3ccc(C#Cc4cccnc4)cc3c2n1-c1ccc(N2CCN(C)CC2)cc1. The number of hydrogen-bond donors (Lipinski definition) is 0. The molecule has 2 aromatic carbocycles. The minimum Gasteiger partial charge on any atom is -0.369 e. The van der Waals surface area contributed by atoms with Crippen LogP contribution in [0.1, 0.15) is 17.0 Å². The first-order valence-corrected chi connectivity index (χ1v) is 11.9. The van der Waals surface area contributed by atoms with Crippen molar-refractivity contribution in [2.45, 2.75) is 6.92 Å². The Morgan fingerprint density at radius 1 is 0.800 bits per heavy atom. The van der Waals surface area contributed by atoms with E-state index < -0.39 is 0 Å². The van der Waals surface area contributed by atoms with Crippen molar-refractivity contribution >= 4 is 27.6 Å².